The molecule has 5 unspecified atom stereocenters. The van der Waals surface area contributed by atoms with Crippen molar-refractivity contribution in [3.63, 3.8) is 0 Å². The smallest absolute Gasteiger partial charge is 0.217 e. The molecule has 1 aromatic heterocycles. The monoisotopic (exact) mass is 263 g/mol. The largest absolute Gasteiger partial charge is 0.472 e. The molecule has 0 amide bonds. The van der Waals surface area contributed by atoms with Crippen LogP contribution in [0.3, 0.4) is 0 Å². The van der Waals surface area contributed by atoms with Crippen LogP contribution in [0.1, 0.15) is 12.8 Å². The van der Waals surface area contributed by atoms with Gasteiger partial charge in [0.15, 0.2) is 0 Å². The lowest BCUT2D eigenvalue weighted by atomic mass is 9.88. The van der Waals surface area contributed by atoms with Crippen LogP contribution in [-0.4, -0.2) is 34.9 Å². The first kappa shape index (κ1) is 11.1. The molecule has 2 saturated carbocycles. The molecule has 1 N–H and O–H groups in total. The van der Waals surface area contributed by atoms with E-state index in [1.807, 2.05) is 12.3 Å². The molecule has 2 aliphatic carbocycles. The predicted octanol–water partition coefficient (Wildman–Crippen LogP) is 1.57. The van der Waals surface area contributed by atoms with E-state index < -0.39 is 0 Å². The van der Waals surface area contributed by atoms with Crippen molar-refractivity contribution in [2.45, 2.75) is 30.0 Å². The quantitative estimate of drug-likeness (QED) is 0.662. The lowest BCUT2D eigenvalue weighted by molar-refractivity contribution is 0.109. The zero-order valence-electron chi connectivity index (χ0n) is 10.4. The first-order valence-electron chi connectivity index (χ1n) is 6.61. The Kier molecular flexibility index (Phi) is 2.52. The summed E-state index contributed by atoms with van der Waals surface area (Å²) in [5.41, 5.74) is 0. The summed E-state index contributed by atoms with van der Waals surface area (Å²) in [6.07, 6.45) is 6.61. The van der Waals surface area contributed by atoms with E-state index in [2.05, 4.69) is 15.3 Å². The second-order valence-corrected chi connectivity index (χ2v) is 6.40. The summed E-state index contributed by atoms with van der Waals surface area (Å²) >= 11 is 1.62. The molecular weight excluding hydrogens is 246 g/mol. The van der Waals surface area contributed by atoms with Crippen molar-refractivity contribution in [3.8, 4) is 5.88 Å². The highest BCUT2D eigenvalue weighted by Crippen LogP contribution is 2.52. The molecule has 18 heavy (non-hydrogen) atoms. The molecule has 3 aliphatic rings. The molecule has 96 valence electrons. The average Bonchev–Trinajstić information content (AvgIpc) is 3.01. The summed E-state index contributed by atoms with van der Waals surface area (Å²) in [6.45, 7) is 1.19. The maximum absolute atomic E-state index is 6.15. The number of nitrogens with zero attached hydrogens (tertiary/aromatic N) is 2. The molecule has 0 aromatic carbocycles. The van der Waals surface area contributed by atoms with Crippen molar-refractivity contribution in [2.75, 3.05) is 12.8 Å². The minimum Gasteiger partial charge on any atom is -0.472 e. The van der Waals surface area contributed by atoms with E-state index in [1.54, 1.807) is 18.1 Å². The fourth-order valence-electron chi connectivity index (χ4n) is 4.04. The first-order valence-corrected chi connectivity index (χ1v) is 7.83. The van der Waals surface area contributed by atoms with Crippen LogP contribution in [0.25, 0.3) is 0 Å². The zero-order valence-corrected chi connectivity index (χ0v) is 11.2. The van der Waals surface area contributed by atoms with Crippen LogP contribution in [0.5, 0.6) is 5.88 Å². The lowest BCUT2D eigenvalue weighted by Crippen LogP contribution is -2.41. The van der Waals surface area contributed by atoms with E-state index in [0.29, 0.717) is 12.1 Å². The normalized spacial score (nSPS) is 40.4. The molecule has 0 radical (unpaired) electrons. The number of nitrogens with one attached hydrogen (secondary N) is 1. The summed E-state index contributed by atoms with van der Waals surface area (Å²) < 4.78 is 6.15. The molecule has 1 aliphatic heterocycles. The number of thioether (sulfide) groups is 1. The van der Waals surface area contributed by atoms with Crippen molar-refractivity contribution in [3.05, 3.63) is 12.4 Å². The van der Waals surface area contributed by atoms with Gasteiger partial charge in [-0.3, -0.25) is 0 Å². The standard InChI is InChI=1S/C13H17N3OS/c1-18-11-4-10(15-6-16-11)17-13-7-2-8-5-14-12(13)9(8)3-7/h4,6-9,12-14H,2-3,5H2,1H3. The van der Waals surface area contributed by atoms with Crippen LogP contribution < -0.4 is 10.1 Å². The second-order valence-electron chi connectivity index (χ2n) is 5.57. The molecule has 0 spiro atoms. The zero-order chi connectivity index (χ0) is 12.1. The highest BCUT2D eigenvalue weighted by molar-refractivity contribution is 7.98. The molecule has 5 atom stereocenters. The van der Waals surface area contributed by atoms with E-state index in [0.717, 1.165) is 28.7 Å². The van der Waals surface area contributed by atoms with E-state index in [4.69, 9.17) is 4.74 Å². The minimum absolute atomic E-state index is 0.318. The summed E-state index contributed by atoms with van der Waals surface area (Å²) in [6, 6.07) is 2.50. The van der Waals surface area contributed by atoms with E-state index >= 15 is 0 Å². The molecule has 4 rings (SSSR count). The Hall–Kier alpha value is -0.810. The number of ether oxygens (including phenoxy) is 1. The Morgan fingerprint density at radius 3 is 3.17 bits per heavy atom. The van der Waals surface area contributed by atoms with Crippen LogP contribution in [0.4, 0.5) is 0 Å². The van der Waals surface area contributed by atoms with Gasteiger partial charge in [-0.05, 0) is 43.4 Å². The molecular formula is C13H17N3OS. The van der Waals surface area contributed by atoms with Crippen molar-refractivity contribution >= 4 is 11.8 Å². The van der Waals surface area contributed by atoms with Crippen LogP contribution >= 0.6 is 11.8 Å². The van der Waals surface area contributed by atoms with E-state index in [-0.39, 0.29) is 0 Å². The average molecular weight is 263 g/mol. The lowest BCUT2D eigenvalue weighted by Gasteiger charge is -2.27. The van der Waals surface area contributed by atoms with Gasteiger partial charge in [-0.25, -0.2) is 9.97 Å². The van der Waals surface area contributed by atoms with Crippen LogP contribution in [0.15, 0.2) is 17.4 Å². The maximum Gasteiger partial charge on any atom is 0.217 e. The third-order valence-electron chi connectivity index (χ3n) is 4.76. The van der Waals surface area contributed by atoms with E-state index in [1.165, 1.54) is 19.4 Å². The third kappa shape index (κ3) is 1.57. The van der Waals surface area contributed by atoms with Crippen molar-refractivity contribution in [2.24, 2.45) is 17.8 Å². The number of aromatic nitrogens is 2. The Bertz CT molecular complexity index is 467. The highest BCUT2D eigenvalue weighted by Gasteiger charge is 2.57. The number of hydrogen-bond acceptors (Lipinski definition) is 5. The van der Waals surface area contributed by atoms with E-state index in [9.17, 15) is 0 Å². The Morgan fingerprint density at radius 2 is 2.28 bits per heavy atom. The number of rotatable bonds is 3. The van der Waals surface area contributed by atoms with Crippen LogP contribution in [-0.2, 0) is 0 Å². The van der Waals surface area contributed by atoms with Crippen molar-refractivity contribution in [1.82, 2.24) is 15.3 Å². The Labute approximate surface area is 111 Å². The van der Waals surface area contributed by atoms with Gasteiger partial charge < -0.3 is 10.1 Å². The third-order valence-corrected chi connectivity index (χ3v) is 5.41. The predicted molar refractivity (Wildman–Crippen MR) is 69.7 cm³/mol. The maximum atomic E-state index is 6.15. The van der Waals surface area contributed by atoms with Crippen molar-refractivity contribution < 1.29 is 4.74 Å². The summed E-state index contributed by atoms with van der Waals surface area (Å²) in [7, 11) is 0. The van der Waals surface area contributed by atoms with Crippen molar-refractivity contribution in [1.29, 1.82) is 0 Å². The molecule has 5 heteroatoms. The van der Waals surface area contributed by atoms with Crippen LogP contribution in [0.2, 0.25) is 0 Å². The second kappa shape index (κ2) is 4.10. The molecule has 4 nitrogen and oxygen atoms in total. The fraction of sp³-hybridized carbons (Fsp3) is 0.692. The van der Waals surface area contributed by atoms with Gasteiger partial charge in [-0.15, -0.1) is 11.8 Å². The summed E-state index contributed by atoms with van der Waals surface area (Å²) in [5, 5.41) is 4.61. The molecule has 3 fully saturated rings. The molecule has 2 bridgehead atoms. The van der Waals surface area contributed by atoms with Gasteiger partial charge in [0.2, 0.25) is 5.88 Å². The fourth-order valence-corrected chi connectivity index (χ4v) is 4.42. The van der Waals surface area contributed by atoms with Gasteiger partial charge >= 0.3 is 0 Å². The Balaban J connectivity index is 1.55. The van der Waals surface area contributed by atoms with Gasteiger partial charge in [0, 0.05) is 12.1 Å². The molecule has 1 saturated heterocycles. The minimum atomic E-state index is 0.318. The molecule has 2 heterocycles. The topological polar surface area (TPSA) is 47.0 Å². The summed E-state index contributed by atoms with van der Waals surface area (Å²) in [5.74, 6) is 3.22. The van der Waals surface area contributed by atoms with Gasteiger partial charge in [-0.2, -0.15) is 0 Å². The highest BCUT2D eigenvalue weighted by atomic mass is 32.2. The van der Waals surface area contributed by atoms with Gasteiger partial charge in [-0.1, -0.05) is 0 Å². The summed E-state index contributed by atoms with van der Waals surface area (Å²) in [4.78, 5) is 8.43. The van der Waals surface area contributed by atoms with Crippen LogP contribution in [0, 0.1) is 17.8 Å². The van der Waals surface area contributed by atoms with Gasteiger partial charge in [0.05, 0.1) is 0 Å². The SMILES string of the molecule is CSc1cc(OC2C3CC4CNC2C4C3)ncn1. The first-order chi connectivity index (χ1) is 8.85. The number of hydrogen-bond donors (Lipinski definition) is 1. The van der Waals surface area contributed by atoms with Gasteiger partial charge in [0.25, 0.3) is 0 Å². The Morgan fingerprint density at radius 1 is 1.33 bits per heavy atom. The molecule has 1 aromatic rings. The van der Waals surface area contributed by atoms with Gasteiger partial charge in [0.1, 0.15) is 17.5 Å². The number of fused-ring (bicyclic) bond motifs is 1.